The predicted molar refractivity (Wildman–Crippen MR) is 445 cm³/mol. The number of nitrogens with two attached hydrogens (primary N) is 4. The third-order valence-electron chi connectivity index (χ3n) is 18.8. The molecule has 8 aromatic heterocycles. The van der Waals surface area contributed by atoms with Gasteiger partial charge in [0.15, 0.2) is 40.8 Å². The number of amides is 2. The second-order valence-electron chi connectivity index (χ2n) is 29.3. The Morgan fingerprint density at radius 2 is 0.985 bits per heavy atom. The lowest BCUT2D eigenvalue weighted by molar-refractivity contribution is -0.205. The molecule has 6 fully saturated rings. The summed E-state index contributed by atoms with van der Waals surface area (Å²) in [6, 6.07) is 2.60. The largest absolute Gasteiger partial charge is 0.789 e. The van der Waals surface area contributed by atoms with Crippen LogP contribution in [0.15, 0.2) is 81.7 Å². The molecule has 0 radical (unpaired) electrons. The molecule has 0 bridgehead atoms. The summed E-state index contributed by atoms with van der Waals surface area (Å²) in [4.78, 5) is 196. The van der Waals surface area contributed by atoms with Gasteiger partial charge in [-0.3, -0.25) is 69.8 Å². The van der Waals surface area contributed by atoms with Gasteiger partial charge in [-0.05, 0) is 12.4 Å². The number of ether oxygens (including phenoxy) is 6. The molecule has 2 amide bonds. The molecule has 6 unspecified atom stereocenters. The molecule has 14 rings (SSSR count). The Morgan fingerprint density at radius 1 is 0.530 bits per heavy atom. The van der Waals surface area contributed by atoms with E-state index in [0.717, 1.165) is 59.2 Å². The number of aromatic amines is 2. The number of carbonyl (C=O) groups excluding carboxylic acids is 2. The molecule has 63 nitrogen and oxygen atoms in total. The first-order chi connectivity index (χ1) is 61.2. The quantitative estimate of drug-likeness (QED) is 0.0194. The van der Waals surface area contributed by atoms with Crippen molar-refractivity contribution in [3.8, 4) is 0 Å². The van der Waals surface area contributed by atoms with Gasteiger partial charge < -0.3 is 173 Å². The molecule has 132 heavy (non-hydrogen) atoms. The zero-order valence-corrected chi connectivity index (χ0v) is 75.6. The van der Waals surface area contributed by atoms with Gasteiger partial charge in [0, 0.05) is 85.4 Å². The first-order valence-corrected chi connectivity index (χ1v) is 51.1. The number of anilines is 3. The minimum atomic E-state index is -4.81. The van der Waals surface area contributed by atoms with Crippen molar-refractivity contribution in [3.05, 3.63) is 116 Å². The molecule has 736 valence electrons. The van der Waals surface area contributed by atoms with Gasteiger partial charge >= 0.3 is 49.6 Å². The fourth-order valence-electron chi connectivity index (χ4n) is 12.7. The third kappa shape index (κ3) is 30.6. The van der Waals surface area contributed by atoms with Crippen molar-refractivity contribution in [1.29, 1.82) is 0 Å². The zero-order chi connectivity index (χ0) is 98.0. The zero-order valence-electron chi connectivity index (χ0n) is 69.3. The summed E-state index contributed by atoms with van der Waals surface area (Å²) >= 11 is 0. The number of hydrogen-bond acceptors (Lipinski definition) is 47. The Kier molecular flexibility index (Phi) is 36.3. The number of phosphoric acid groups is 1. The van der Waals surface area contributed by atoms with Gasteiger partial charge in [-0.25, -0.2) is 53.7 Å². The van der Waals surface area contributed by atoms with Crippen LogP contribution in [0.4, 0.5) is 17.5 Å². The van der Waals surface area contributed by atoms with Crippen molar-refractivity contribution in [2.75, 3.05) is 90.1 Å². The summed E-state index contributed by atoms with van der Waals surface area (Å²) in [6.45, 7) is 2.06. The van der Waals surface area contributed by atoms with E-state index in [0.29, 0.717) is 22.6 Å². The Labute approximate surface area is 740 Å². The van der Waals surface area contributed by atoms with Crippen molar-refractivity contribution >= 4 is 118 Å². The fraction of sp³-hybridized carbons (Fsp3) is 0.565. The molecule has 14 heterocycles. The smallest absolute Gasteiger partial charge is 0.469 e. The average Bonchev–Trinajstić information content (AvgIpc) is 1.62. The summed E-state index contributed by atoms with van der Waals surface area (Å²) in [5.41, 5.74) is 20.2. The van der Waals surface area contributed by atoms with E-state index in [2.05, 4.69) is 86.4 Å². The number of aliphatic hydroxyl groups excluding tert-OH is 7. The summed E-state index contributed by atoms with van der Waals surface area (Å²) in [6.07, 6.45) is -2.99. The Bertz CT molecular complexity index is 5900. The lowest BCUT2D eigenvalue weighted by Crippen LogP contribution is -2.33. The number of nitrogens with zero attached hydrogens (tertiary/aromatic N) is 15. The number of nitrogens with one attached hydrogen (secondary N) is 3. The highest BCUT2D eigenvalue weighted by atomic mass is 31.2. The number of rotatable bonds is 29. The first-order valence-electron chi connectivity index (χ1n) is 37.9. The molecule has 6 aliphatic heterocycles. The SMILES string of the molecule is C=P(O)(O)OC[C@H]1O[C@@H](n2ccc(=O)[nH]c2=O)C[C@@H]1O.C=P([O-])(O)OC[C@H]1O[C@@H](n2cnc3c(=O)[nH]cnc32)C[C@@H]1O.CNc1ncnc2c1ncn2[C@H]1C[C@H](OP(=O)(O)O)[C@@H](COP(C)(=O)O)O1.CP(=O)(O)OC[C@H]1OC(n2ccc(N)nc2=O)C[C@@H]1O.CP(=O)(O)OC[C@H]1O[C@@H](n2cnc(C(N)=O)c2N)[C@H](O)[C@@H]1O.CP(=O)(O)OC[C@H]1O[C@@H](n2cnc(C(N)=O)n2)[C@H](O)[C@@H]1O. The first kappa shape index (κ1) is 107. The molecule has 0 saturated carbocycles. The lowest BCUT2D eigenvalue weighted by Gasteiger charge is -2.25. The molecule has 6 saturated heterocycles. The Hall–Kier alpha value is -8.30. The third-order valence-corrected chi connectivity index (χ3v) is 22.9. The van der Waals surface area contributed by atoms with Crippen molar-refractivity contribution < 1.29 is 177 Å². The van der Waals surface area contributed by atoms with E-state index in [1.54, 1.807) is 11.6 Å². The molecule has 27 N–H and O–H groups in total. The molecule has 0 aromatic carbocycles. The summed E-state index contributed by atoms with van der Waals surface area (Å²) in [7, 11) is -25.6. The maximum atomic E-state index is 11.7. The van der Waals surface area contributed by atoms with E-state index in [4.69, 9.17) is 109 Å². The number of aromatic nitrogens is 17. The van der Waals surface area contributed by atoms with Crippen LogP contribution in [-0.2, 0) is 82.9 Å². The molecular formula is C62H96N22O41P7-. The number of phosphoric ester groups is 1. The van der Waals surface area contributed by atoms with Gasteiger partial charge in [0.2, 0.25) is 13.4 Å². The topological polar surface area (TPSA) is 948 Å². The van der Waals surface area contributed by atoms with Gasteiger partial charge in [-0.15, -0.1) is 5.10 Å². The number of fused-ring (bicyclic) bond motifs is 2. The van der Waals surface area contributed by atoms with E-state index < -0.39 is 218 Å². The molecule has 6 aliphatic rings. The number of nitrogen functional groups attached to an aromatic ring is 2. The fourth-order valence-corrected chi connectivity index (χ4v) is 15.8. The lowest BCUT2D eigenvalue weighted by atomic mass is 10.1. The highest BCUT2D eigenvalue weighted by Crippen LogP contribution is 2.48. The predicted octanol–water partition coefficient (Wildman–Crippen LogP) is -7.67. The van der Waals surface area contributed by atoms with Crippen LogP contribution in [0, 0.1) is 0 Å². The normalized spacial score (nSPS) is 28.7. The van der Waals surface area contributed by atoms with E-state index in [1.807, 2.05) is 0 Å². The van der Waals surface area contributed by atoms with Gasteiger partial charge in [-0.1, -0.05) is 6.30 Å². The molecule has 0 aliphatic carbocycles. The Morgan fingerprint density at radius 3 is 1.46 bits per heavy atom. The maximum absolute atomic E-state index is 11.7. The number of primary amides is 2. The minimum Gasteiger partial charge on any atom is -0.789 e. The van der Waals surface area contributed by atoms with Gasteiger partial charge in [0.1, 0.15) is 122 Å². The molecule has 0 spiro atoms. The van der Waals surface area contributed by atoms with Crippen molar-refractivity contribution in [2.24, 2.45) is 11.5 Å². The van der Waals surface area contributed by atoms with Crippen LogP contribution in [0.5, 0.6) is 0 Å². The van der Waals surface area contributed by atoms with Crippen LogP contribution < -0.4 is 55.6 Å². The highest BCUT2D eigenvalue weighted by molar-refractivity contribution is 7.57. The minimum absolute atomic E-state index is 0.0446. The second kappa shape index (κ2) is 44.7. The standard InChI is InChI=1S/C12H19N5O8P2.C11H14N4O6P.C10H17N4O7P.C10H16N3O6P.C10H15N2O7P.C9H15N4O7P/c1-13-11-10-12(15-5-14-11)17(6-16-10)9-3-7(25-27(20,21)22)8(24-9)4-23-26(2,18)19;1-22(18,19)20-3-7-6(16)2-8(21-7)15-5-14-9-10(15)12-4-13-11(9)17;1-22(18,19)20-2-4-6(15)7(16)10(21-4)14-3-13-5(8(14)11)9(12)17;1-20(16,17)18-5-7-6(14)4-9(19-7)13-3-2-8(11)12-10(13)15;1-20(16,17)18-5-7-6(13)4-9(19-7)12-3-2-8(14)11-10(12)15;1-21(17,18)19-2-4-5(14)6(15)9(20-4)13-3-11-8(12-13)7(10)16/h5-9H,3-4H2,1-2H3,(H,18,19)(H,13,14,15)(H2,20,21,22);4-8,16H,1-3H2,(H2-,12,13,17,18,19);3-4,6-7,10,15-16H,2,11H2,1H3,(H2,12,17)(H,18,19);2-3,6-7,9,14H,4-5H2,1H3,(H,16,17)(H2,11,12,15);2-3,6-7,9,13,16-17H,1,4-5H2,(H,11,14,15);3-6,9,14-15H,2H2,1H3,(H2,10,16)(H,17,18)/q;-1;;;;/t7-,8+,9+;6-,7+,8+;4-,6-,7-,10-;6-,7+,9?;6-,7+,9+;4-,5-,6-,9-/m001001/s1. The van der Waals surface area contributed by atoms with Crippen LogP contribution in [0.2, 0.25) is 0 Å². The highest BCUT2D eigenvalue weighted by Gasteiger charge is 2.48. The second-order valence-corrected chi connectivity index (χ2v) is 41.0. The van der Waals surface area contributed by atoms with Crippen LogP contribution in [0.1, 0.15) is 84.2 Å². The number of hydrogen-bond donors (Lipinski definition) is 23. The van der Waals surface area contributed by atoms with Crippen molar-refractivity contribution in [1.82, 2.24) is 82.5 Å². The maximum Gasteiger partial charge on any atom is 0.469 e. The Balaban J connectivity index is 0.000000179. The summed E-state index contributed by atoms with van der Waals surface area (Å²) < 4.78 is 129. The van der Waals surface area contributed by atoms with Crippen LogP contribution in [0.25, 0.3) is 22.3 Å². The van der Waals surface area contributed by atoms with Crippen molar-refractivity contribution in [3.63, 3.8) is 0 Å². The van der Waals surface area contributed by atoms with Crippen LogP contribution in [-0.4, -0.2) is 345 Å². The van der Waals surface area contributed by atoms with E-state index in [1.165, 1.54) is 52.9 Å². The molecule has 70 heteroatoms. The monoisotopic (exact) mass is 2020 g/mol. The summed E-state index contributed by atoms with van der Waals surface area (Å²) in [5.74, 6) is -1.50. The number of carbonyl (C=O) groups is 2. The number of H-pyrrole nitrogens is 2. The average molecular weight is 2020 g/mol. The van der Waals surface area contributed by atoms with E-state index >= 15 is 0 Å². The van der Waals surface area contributed by atoms with E-state index in [9.17, 15) is 97.1 Å². The van der Waals surface area contributed by atoms with E-state index in [-0.39, 0.29) is 86.3 Å². The van der Waals surface area contributed by atoms with Gasteiger partial charge in [0.25, 0.3) is 22.9 Å². The van der Waals surface area contributed by atoms with Crippen LogP contribution in [0.3, 0.4) is 0 Å². The molecular weight excluding hydrogens is 1930 g/mol. The number of aliphatic hydroxyl groups is 7. The van der Waals surface area contributed by atoms with Gasteiger partial charge in [0.05, 0.1) is 83.3 Å². The number of imidazole rings is 3. The van der Waals surface area contributed by atoms with Gasteiger partial charge in [-0.2, -0.15) is 4.98 Å². The molecule has 8 aromatic rings. The van der Waals surface area contributed by atoms with Crippen molar-refractivity contribution in [2.45, 2.75) is 149 Å². The molecule has 25 atom stereocenters. The summed E-state index contributed by atoms with van der Waals surface area (Å²) in [5, 5.41) is 75.8. The van der Waals surface area contributed by atoms with Crippen LogP contribution >= 0.6 is 53.3 Å².